The number of anilines is 2. The molecule has 0 saturated carbocycles. The average molecular weight is 481 g/mol. The van der Waals surface area contributed by atoms with Gasteiger partial charge in [0, 0.05) is 34.3 Å². The van der Waals surface area contributed by atoms with Crippen LogP contribution < -0.4 is 10.0 Å². The zero-order valence-corrected chi connectivity index (χ0v) is 18.5. The Morgan fingerprint density at radius 3 is 2.52 bits per heavy atom. The molecule has 9 nitrogen and oxygen atoms in total. The van der Waals surface area contributed by atoms with Gasteiger partial charge in [0.05, 0.1) is 9.82 Å². The number of aromatic nitrogens is 1. The number of rotatable bonds is 7. The number of pyridine rings is 1. The minimum absolute atomic E-state index is 0.0108. The first-order valence-corrected chi connectivity index (χ1v) is 11.8. The zero-order valence-electron chi connectivity index (χ0n) is 16.8. The molecular formula is C22H16N4O5S2. The van der Waals surface area contributed by atoms with Crippen molar-refractivity contribution in [3.8, 4) is 0 Å². The van der Waals surface area contributed by atoms with Crippen molar-refractivity contribution in [3.63, 3.8) is 0 Å². The standard InChI is InChI=1S/C22H16N4O5S2/c27-20(11-7-17-8-12-21(32-17)26(28)29)24-16-5-9-18(10-6-16)33(30,31)25-22-19-4-2-1-3-15(19)13-14-23-22/h1-14H,(H,23,25)(H,24,27)/b11-7+. The summed E-state index contributed by atoms with van der Waals surface area (Å²) in [6.45, 7) is 0. The van der Waals surface area contributed by atoms with Crippen molar-refractivity contribution in [2.24, 2.45) is 0 Å². The molecule has 0 bridgehead atoms. The summed E-state index contributed by atoms with van der Waals surface area (Å²) in [5.41, 5.74) is 0.393. The average Bonchev–Trinajstić information content (AvgIpc) is 3.28. The molecule has 0 aliphatic carbocycles. The first-order chi connectivity index (χ1) is 15.8. The van der Waals surface area contributed by atoms with Gasteiger partial charge in [-0.1, -0.05) is 35.6 Å². The van der Waals surface area contributed by atoms with Crippen molar-refractivity contribution in [2.75, 3.05) is 10.0 Å². The molecule has 2 heterocycles. The van der Waals surface area contributed by atoms with Crippen LogP contribution in [0, 0.1) is 10.1 Å². The largest absolute Gasteiger partial charge is 0.324 e. The Labute approximate surface area is 192 Å². The molecule has 2 aromatic heterocycles. The van der Waals surface area contributed by atoms with Gasteiger partial charge in [-0.05, 0) is 47.9 Å². The van der Waals surface area contributed by atoms with Crippen molar-refractivity contribution in [3.05, 3.63) is 94.0 Å². The number of benzene rings is 2. The Morgan fingerprint density at radius 1 is 1.03 bits per heavy atom. The first kappa shape index (κ1) is 22.1. The van der Waals surface area contributed by atoms with Gasteiger partial charge < -0.3 is 5.32 Å². The summed E-state index contributed by atoms with van der Waals surface area (Å²) in [6.07, 6.45) is 4.24. The number of amides is 1. The minimum Gasteiger partial charge on any atom is -0.323 e. The maximum atomic E-state index is 12.8. The minimum atomic E-state index is -3.89. The summed E-state index contributed by atoms with van der Waals surface area (Å²) >= 11 is 0.951. The Hall–Kier alpha value is -4.09. The lowest BCUT2D eigenvalue weighted by molar-refractivity contribution is -0.380. The lowest BCUT2D eigenvalue weighted by atomic mass is 10.2. The van der Waals surface area contributed by atoms with Crippen LogP contribution in [0.2, 0.25) is 0 Å². The van der Waals surface area contributed by atoms with Gasteiger partial charge in [-0.25, -0.2) is 13.4 Å². The SMILES string of the molecule is O=C(/C=C/c1ccc([N+](=O)[O-])s1)Nc1ccc(S(=O)(=O)Nc2nccc3ccccc23)cc1. The number of hydrogen-bond acceptors (Lipinski definition) is 7. The number of carbonyl (C=O) groups is 1. The molecule has 2 aromatic carbocycles. The molecule has 166 valence electrons. The fraction of sp³-hybridized carbons (Fsp3) is 0. The van der Waals surface area contributed by atoms with E-state index in [1.54, 1.807) is 24.3 Å². The summed E-state index contributed by atoms with van der Waals surface area (Å²) in [5.74, 6) is -0.232. The maximum Gasteiger partial charge on any atom is 0.324 e. The van der Waals surface area contributed by atoms with Crippen LogP contribution in [0.4, 0.5) is 16.5 Å². The van der Waals surface area contributed by atoms with Crippen molar-refractivity contribution >= 4 is 60.6 Å². The van der Waals surface area contributed by atoms with Crippen LogP contribution >= 0.6 is 11.3 Å². The summed E-state index contributed by atoms with van der Waals surface area (Å²) in [4.78, 5) is 27.0. The van der Waals surface area contributed by atoms with Crippen LogP contribution in [0.5, 0.6) is 0 Å². The quantitative estimate of drug-likeness (QED) is 0.225. The molecule has 0 atom stereocenters. The Balaban J connectivity index is 1.44. The van der Waals surface area contributed by atoms with Gasteiger partial charge in [0.1, 0.15) is 5.82 Å². The summed E-state index contributed by atoms with van der Waals surface area (Å²) in [5, 5.41) is 14.8. The van der Waals surface area contributed by atoms with Gasteiger partial charge in [-0.2, -0.15) is 0 Å². The second kappa shape index (κ2) is 9.18. The van der Waals surface area contributed by atoms with Crippen molar-refractivity contribution in [1.82, 2.24) is 4.98 Å². The number of carbonyl (C=O) groups excluding carboxylic acids is 1. The summed E-state index contributed by atoms with van der Waals surface area (Å²) in [7, 11) is -3.89. The van der Waals surface area contributed by atoms with E-state index >= 15 is 0 Å². The highest BCUT2D eigenvalue weighted by molar-refractivity contribution is 7.92. The number of hydrogen-bond donors (Lipinski definition) is 2. The third kappa shape index (κ3) is 5.22. The maximum absolute atomic E-state index is 12.8. The molecule has 0 radical (unpaired) electrons. The normalized spacial score (nSPS) is 11.5. The fourth-order valence-electron chi connectivity index (χ4n) is 2.98. The molecule has 4 aromatic rings. The van der Waals surface area contributed by atoms with Crippen LogP contribution in [0.25, 0.3) is 16.8 Å². The second-order valence-electron chi connectivity index (χ2n) is 6.77. The molecule has 1 amide bonds. The molecule has 0 aliphatic heterocycles. The molecule has 4 rings (SSSR count). The van der Waals surface area contributed by atoms with E-state index in [-0.39, 0.29) is 15.7 Å². The fourth-order valence-corrected chi connectivity index (χ4v) is 4.73. The van der Waals surface area contributed by atoms with Crippen LogP contribution in [-0.4, -0.2) is 24.2 Å². The predicted octanol–water partition coefficient (Wildman–Crippen LogP) is 4.66. The van der Waals surface area contributed by atoms with E-state index in [4.69, 9.17) is 0 Å². The van der Waals surface area contributed by atoms with Gasteiger partial charge in [0.2, 0.25) is 5.91 Å². The van der Waals surface area contributed by atoms with Crippen LogP contribution in [0.1, 0.15) is 4.88 Å². The lowest BCUT2D eigenvalue weighted by Gasteiger charge is -2.10. The van der Waals surface area contributed by atoms with Gasteiger partial charge in [0.25, 0.3) is 10.0 Å². The molecule has 0 spiro atoms. The van der Waals surface area contributed by atoms with Crippen LogP contribution in [0.15, 0.2) is 83.9 Å². The Bertz CT molecular complexity index is 1470. The van der Waals surface area contributed by atoms with Crippen molar-refractivity contribution in [2.45, 2.75) is 4.90 Å². The van der Waals surface area contributed by atoms with E-state index in [1.165, 1.54) is 48.7 Å². The molecule has 0 aliphatic rings. The van der Waals surface area contributed by atoms with E-state index in [9.17, 15) is 23.3 Å². The second-order valence-corrected chi connectivity index (χ2v) is 9.54. The lowest BCUT2D eigenvalue weighted by Crippen LogP contribution is -2.14. The molecule has 2 N–H and O–H groups in total. The Morgan fingerprint density at radius 2 is 1.79 bits per heavy atom. The van der Waals surface area contributed by atoms with E-state index in [0.717, 1.165) is 16.7 Å². The number of thiophene rings is 1. The van der Waals surface area contributed by atoms with Gasteiger partial charge in [0.15, 0.2) is 0 Å². The van der Waals surface area contributed by atoms with Crippen LogP contribution in [0.3, 0.4) is 0 Å². The topological polar surface area (TPSA) is 131 Å². The monoisotopic (exact) mass is 480 g/mol. The summed E-state index contributed by atoms with van der Waals surface area (Å²) in [6, 6.07) is 17.7. The predicted molar refractivity (Wildman–Crippen MR) is 128 cm³/mol. The van der Waals surface area contributed by atoms with Gasteiger partial charge in [-0.15, -0.1) is 0 Å². The van der Waals surface area contributed by atoms with E-state index in [0.29, 0.717) is 16.0 Å². The number of nitro groups is 1. The van der Waals surface area contributed by atoms with E-state index < -0.39 is 20.9 Å². The van der Waals surface area contributed by atoms with E-state index in [1.807, 2.05) is 12.1 Å². The molecular weight excluding hydrogens is 464 g/mol. The van der Waals surface area contributed by atoms with Crippen molar-refractivity contribution in [1.29, 1.82) is 0 Å². The highest BCUT2D eigenvalue weighted by Crippen LogP contribution is 2.25. The third-order valence-corrected chi connectivity index (χ3v) is 6.89. The number of nitrogens with one attached hydrogen (secondary N) is 2. The highest BCUT2D eigenvalue weighted by Gasteiger charge is 2.16. The van der Waals surface area contributed by atoms with E-state index in [2.05, 4.69) is 15.0 Å². The smallest absolute Gasteiger partial charge is 0.323 e. The number of sulfonamides is 1. The zero-order chi connectivity index (χ0) is 23.4. The van der Waals surface area contributed by atoms with Gasteiger partial charge >= 0.3 is 5.00 Å². The van der Waals surface area contributed by atoms with Crippen molar-refractivity contribution < 1.29 is 18.1 Å². The molecule has 0 unspecified atom stereocenters. The van der Waals surface area contributed by atoms with Gasteiger partial charge in [-0.3, -0.25) is 19.6 Å². The highest BCUT2D eigenvalue weighted by atomic mass is 32.2. The number of nitrogens with zero attached hydrogens (tertiary/aromatic N) is 2. The molecule has 11 heteroatoms. The third-order valence-electron chi connectivity index (χ3n) is 4.53. The molecule has 0 fully saturated rings. The molecule has 0 saturated heterocycles. The first-order valence-electron chi connectivity index (χ1n) is 9.52. The Kier molecular flexibility index (Phi) is 6.16. The molecule has 33 heavy (non-hydrogen) atoms. The summed E-state index contributed by atoms with van der Waals surface area (Å²) < 4.78 is 28.1. The van der Waals surface area contributed by atoms with Crippen LogP contribution in [-0.2, 0) is 14.8 Å². The number of fused-ring (bicyclic) bond motifs is 1.